The Morgan fingerprint density at radius 1 is 1.22 bits per heavy atom. The van der Waals surface area contributed by atoms with Crippen LogP contribution in [0.2, 0.25) is 0 Å². The summed E-state index contributed by atoms with van der Waals surface area (Å²) < 4.78 is 1.97. The average Bonchev–Trinajstić information content (AvgIpc) is 2.96. The van der Waals surface area contributed by atoms with E-state index in [0.717, 1.165) is 35.1 Å². The first-order chi connectivity index (χ1) is 12.4. The van der Waals surface area contributed by atoms with Gasteiger partial charge in [0.1, 0.15) is 0 Å². The predicted molar refractivity (Wildman–Crippen MR) is 122 cm³/mol. The second-order valence-electron chi connectivity index (χ2n) is 7.34. The van der Waals surface area contributed by atoms with Crippen LogP contribution >= 0.6 is 24.0 Å². The highest BCUT2D eigenvalue weighted by Gasteiger charge is 2.16. The molecule has 0 fully saturated rings. The number of halogens is 1. The summed E-state index contributed by atoms with van der Waals surface area (Å²) in [7, 11) is 0. The molecular weight excluding hydrogens is 453 g/mol. The topological polar surface area (TPSA) is 74.5 Å². The summed E-state index contributed by atoms with van der Waals surface area (Å²) in [6.45, 7) is 12.2. The molecule has 0 amide bonds. The van der Waals surface area contributed by atoms with Crippen molar-refractivity contribution in [2.45, 2.75) is 41.2 Å². The lowest BCUT2D eigenvalue weighted by Gasteiger charge is -2.23. The van der Waals surface area contributed by atoms with Gasteiger partial charge in [-0.25, -0.2) is 9.67 Å². The van der Waals surface area contributed by atoms with Crippen molar-refractivity contribution in [1.29, 1.82) is 0 Å². The summed E-state index contributed by atoms with van der Waals surface area (Å²) in [6.07, 6.45) is 0. The molecule has 1 aromatic heterocycles. The van der Waals surface area contributed by atoms with Gasteiger partial charge in [0.25, 0.3) is 0 Å². The lowest BCUT2D eigenvalue weighted by molar-refractivity contribution is 0.162. The van der Waals surface area contributed by atoms with E-state index in [1.165, 1.54) is 0 Å². The Morgan fingerprint density at radius 3 is 2.52 bits per heavy atom. The van der Waals surface area contributed by atoms with Crippen molar-refractivity contribution in [3.05, 3.63) is 47.3 Å². The molecule has 7 heteroatoms. The van der Waals surface area contributed by atoms with Crippen LogP contribution in [0, 0.1) is 19.3 Å². The quantitative estimate of drug-likeness (QED) is 0.320. The van der Waals surface area contributed by atoms with Crippen molar-refractivity contribution in [2.24, 2.45) is 10.4 Å². The highest BCUT2D eigenvalue weighted by atomic mass is 127. The molecule has 0 atom stereocenters. The summed E-state index contributed by atoms with van der Waals surface area (Å²) in [5.74, 6) is 0.747. The molecule has 2 aromatic rings. The number of nitrogens with zero attached hydrogens (tertiary/aromatic N) is 3. The number of benzene rings is 1. The van der Waals surface area contributed by atoms with E-state index in [-0.39, 0.29) is 36.0 Å². The SMILES string of the molecule is CCNC(=NCc1ccccc1-n1nc(C)cc1C)NCC(C)(C)CO.I. The van der Waals surface area contributed by atoms with E-state index >= 15 is 0 Å². The van der Waals surface area contributed by atoms with Crippen LogP contribution in [0.15, 0.2) is 35.3 Å². The normalized spacial score (nSPS) is 11.9. The summed E-state index contributed by atoms with van der Waals surface area (Å²) in [6, 6.07) is 10.3. The molecule has 1 aromatic carbocycles. The lowest BCUT2D eigenvalue weighted by atomic mass is 9.95. The summed E-state index contributed by atoms with van der Waals surface area (Å²) in [5.41, 5.74) is 4.07. The van der Waals surface area contributed by atoms with Crippen LogP contribution in [0.4, 0.5) is 0 Å². The number of aliphatic imine (C=N–C) groups is 1. The van der Waals surface area contributed by atoms with Crippen LogP contribution in [0.25, 0.3) is 5.69 Å². The van der Waals surface area contributed by atoms with Crippen molar-refractivity contribution in [1.82, 2.24) is 20.4 Å². The second-order valence-corrected chi connectivity index (χ2v) is 7.34. The molecular formula is C20H32IN5O. The zero-order valence-electron chi connectivity index (χ0n) is 16.9. The van der Waals surface area contributed by atoms with Crippen LogP contribution in [-0.4, -0.2) is 40.5 Å². The predicted octanol–water partition coefficient (Wildman–Crippen LogP) is 3.18. The number of aromatic nitrogens is 2. The zero-order valence-corrected chi connectivity index (χ0v) is 19.2. The van der Waals surface area contributed by atoms with Gasteiger partial charge in [0, 0.05) is 30.8 Å². The van der Waals surface area contributed by atoms with Gasteiger partial charge < -0.3 is 15.7 Å². The van der Waals surface area contributed by atoms with Gasteiger partial charge in [-0.15, -0.1) is 24.0 Å². The Kier molecular flexibility index (Phi) is 9.25. The first kappa shape index (κ1) is 23.4. The molecule has 150 valence electrons. The minimum atomic E-state index is -0.197. The second kappa shape index (κ2) is 10.7. The Hall–Kier alpha value is -1.61. The van der Waals surface area contributed by atoms with Gasteiger partial charge in [0.2, 0.25) is 0 Å². The number of hydrogen-bond donors (Lipinski definition) is 3. The van der Waals surface area contributed by atoms with Crippen LogP contribution in [0.5, 0.6) is 0 Å². The van der Waals surface area contributed by atoms with E-state index in [0.29, 0.717) is 13.1 Å². The Bertz CT molecular complexity index is 755. The van der Waals surface area contributed by atoms with Gasteiger partial charge in [-0.05, 0) is 38.5 Å². The zero-order chi connectivity index (χ0) is 19.2. The standard InChI is InChI=1S/C20H31N5O.HI/c1-6-21-19(23-13-20(4,5)14-26)22-12-17-9-7-8-10-18(17)25-16(3)11-15(2)24-25;/h7-11,26H,6,12-14H2,1-5H3,(H2,21,22,23);1H. The molecule has 0 aliphatic rings. The molecule has 27 heavy (non-hydrogen) atoms. The van der Waals surface area contributed by atoms with Crippen molar-refractivity contribution in [3.8, 4) is 5.69 Å². The van der Waals surface area contributed by atoms with E-state index < -0.39 is 0 Å². The van der Waals surface area contributed by atoms with Gasteiger partial charge in [0.15, 0.2) is 5.96 Å². The summed E-state index contributed by atoms with van der Waals surface area (Å²) in [4.78, 5) is 4.72. The van der Waals surface area contributed by atoms with Crippen molar-refractivity contribution < 1.29 is 5.11 Å². The Morgan fingerprint density at radius 2 is 1.93 bits per heavy atom. The summed E-state index contributed by atoms with van der Waals surface area (Å²) >= 11 is 0. The first-order valence-corrected chi connectivity index (χ1v) is 9.11. The fourth-order valence-electron chi connectivity index (χ4n) is 2.61. The van der Waals surface area contributed by atoms with E-state index in [2.05, 4.69) is 40.9 Å². The molecule has 6 nitrogen and oxygen atoms in total. The largest absolute Gasteiger partial charge is 0.396 e. The monoisotopic (exact) mass is 485 g/mol. The van der Waals surface area contributed by atoms with Crippen LogP contribution in [0.3, 0.4) is 0 Å². The number of hydrogen-bond acceptors (Lipinski definition) is 3. The van der Waals surface area contributed by atoms with E-state index in [4.69, 9.17) is 4.99 Å². The molecule has 0 aliphatic carbocycles. The van der Waals surface area contributed by atoms with Crippen molar-refractivity contribution >= 4 is 29.9 Å². The number of aliphatic hydroxyl groups is 1. The maximum atomic E-state index is 9.43. The summed E-state index contributed by atoms with van der Waals surface area (Å²) in [5, 5.41) is 20.6. The molecule has 0 spiro atoms. The van der Waals surface area contributed by atoms with Gasteiger partial charge in [-0.3, -0.25) is 0 Å². The van der Waals surface area contributed by atoms with Crippen LogP contribution in [0.1, 0.15) is 37.7 Å². The fourth-order valence-corrected chi connectivity index (χ4v) is 2.61. The molecule has 0 saturated carbocycles. The molecule has 0 aliphatic heterocycles. The van der Waals surface area contributed by atoms with Crippen LogP contribution < -0.4 is 10.6 Å². The highest BCUT2D eigenvalue weighted by molar-refractivity contribution is 14.0. The average molecular weight is 485 g/mol. The number of aliphatic hydroxyl groups excluding tert-OH is 1. The molecule has 0 saturated heterocycles. The van der Waals surface area contributed by atoms with Crippen molar-refractivity contribution in [3.63, 3.8) is 0 Å². The van der Waals surface area contributed by atoms with Gasteiger partial charge in [-0.1, -0.05) is 32.0 Å². The smallest absolute Gasteiger partial charge is 0.191 e. The number of aryl methyl sites for hydroxylation is 2. The maximum Gasteiger partial charge on any atom is 0.191 e. The third-order valence-corrected chi connectivity index (χ3v) is 4.14. The molecule has 2 rings (SSSR count). The number of rotatable bonds is 7. The molecule has 3 N–H and O–H groups in total. The van der Waals surface area contributed by atoms with Gasteiger partial charge >= 0.3 is 0 Å². The van der Waals surface area contributed by atoms with E-state index in [1.54, 1.807) is 0 Å². The fraction of sp³-hybridized carbons (Fsp3) is 0.500. The number of para-hydroxylation sites is 1. The van der Waals surface area contributed by atoms with Crippen molar-refractivity contribution in [2.75, 3.05) is 19.7 Å². The first-order valence-electron chi connectivity index (χ1n) is 9.11. The van der Waals surface area contributed by atoms with Gasteiger partial charge in [-0.2, -0.15) is 5.10 Å². The molecule has 0 unspecified atom stereocenters. The minimum Gasteiger partial charge on any atom is -0.396 e. The van der Waals surface area contributed by atoms with E-state index in [9.17, 15) is 5.11 Å². The Labute approximate surface area is 179 Å². The third-order valence-electron chi connectivity index (χ3n) is 4.14. The van der Waals surface area contributed by atoms with Crippen LogP contribution in [-0.2, 0) is 6.54 Å². The third kappa shape index (κ3) is 6.80. The number of nitrogens with one attached hydrogen (secondary N) is 2. The molecule has 0 bridgehead atoms. The number of guanidine groups is 1. The highest BCUT2D eigenvalue weighted by Crippen LogP contribution is 2.18. The lowest BCUT2D eigenvalue weighted by Crippen LogP contribution is -2.43. The minimum absolute atomic E-state index is 0. The molecule has 1 heterocycles. The maximum absolute atomic E-state index is 9.43. The Balaban J connectivity index is 0.00000364. The van der Waals surface area contributed by atoms with Gasteiger partial charge in [0.05, 0.1) is 17.9 Å². The molecule has 0 radical (unpaired) electrons. The van der Waals surface area contributed by atoms with E-state index in [1.807, 2.05) is 44.5 Å².